The number of carbonyl (C=O) groups is 1. The molecule has 0 atom stereocenters. The highest BCUT2D eigenvalue weighted by molar-refractivity contribution is 9.10. The number of hydrogen-bond acceptors (Lipinski definition) is 4. The molecule has 2 aromatic rings. The van der Waals surface area contributed by atoms with Gasteiger partial charge in [0.15, 0.2) is 0 Å². The SMILES string of the molecule is CCN(CC)S(=O)(=O)c1ccc(OC(C)C)c(NC(=O)c2ccccc2Br)c1. The number of halogens is 1. The van der Waals surface area contributed by atoms with Crippen LogP contribution in [0, 0.1) is 0 Å². The first kappa shape index (κ1) is 22.4. The zero-order valence-electron chi connectivity index (χ0n) is 16.4. The number of hydrogen-bond donors (Lipinski definition) is 1. The highest BCUT2D eigenvalue weighted by atomic mass is 79.9. The van der Waals surface area contributed by atoms with Gasteiger partial charge in [-0.3, -0.25) is 4.79 Å². The Hall–Kier alpha value is -1.90. The van der Waals surface area contributed by atoms with E-state index < -0.39 is 10.0 Å². The molecule has 1 N–H and O–H groups in total. The lowest BCUT2D eigenvalue weighted by molar-refractivity contribution is 0.102. The summed E-state index contributed by atoms with van der Waals surface area (Å²) in [5.41, 5.74) is 0.748. The quantitative estimate of drug-likeness (QED) is 0.617. The average molecular weight is 469 g/mol. The molecule has 0 radical (unpaired) electrons. The van der Waals surface area contributed by atoms with Crippen molar-refractivity contribution in [3.63, 3.8) is 0 Å². The van der Waals surface area contributed by atoms with Crippen LogP contribution in [0.15, 0.2) is 51.8 Å². The van der Waals surface area contributed by atoms with E-state index in [9.17, 15) is 13.2 Å². The first-order valence-corrected chi connectivity index (χ1v) is 11.3. The lowest BCUT2D eigenvalue weighted by atomic mass is 10.2. The minimum atomic E-state index is -3.66. The van der Waals surface area contributed by atoms with Gasteiger partial charge in [0.05, 0.1) is 22.3 Å². The molecule has 6 nitrogen and oxygen atoms in total. The van der Waals surface area contributed by atoms with E-state index in [4.69, 9.17) is 4.74 Å². The summed E-state index contributed by atoms with van der Waals surface area (Å²) in [6, 6.07) is 11.5. The van der Waals surface area contributed by atoms with Gasteiger partial charge in [-0.25, -0.2) is 8.42 Å². The van der Waals surface area contributed by atoms with Gasteiger partial charge in [-0.1, -0.05) is 26.0 Å². The van der Waals surface area contributed by atoms with Crippen molar-refractivity contribution in [2.75, 3.05) is 18.4 Å². The molecule has 0 aliphatic rings. The van der Waals surface area contributed by atoms with Crippen LogP contribution in [0.2, 0.25) is 0 Å². The second-order valence-electron chi connectivity index (χ2n) is 6.35. The number of ether oxygens (including phenoxy) is 1. The smallest absolute Gasteiger partial charge is 0.256 e. The van der Waals surface area contributed by atoms with E-state index in [2.05, 4.69) is 21.2 Å². The molecule has 0 heterocycles. The fraction of sp³-hybridized carbons (Fsp3) is 0.350. The van der Waals surface area contributed by atoms with Gasteiger partial charge in [0.2, 0.25) is 10.0 Å². The van der Waals surface area contributed by atoms with Crippen molar-refractivity contribution >= 4 is 37.5 Å². The van der Waals surface area contributed by atoms with Crippen LogP contribution in [0.4, 0.5) is 5.69 Å². The largest absolute Gasteiger partial charge is 0.489 e. The Bertz CT molecular complexity index is 941. The molecule has 0 aromatic heterocycles. The van der Waals surface area contributed by atoms with Crippen LogP contribution in [0.5, 0.6) is 5.75 Å². The summed E-state index contributed by atoms with van der Waals surface area (Å²) in [6.07, 6.45) is -0.135. The fourth-order valence-electron chi connectivity index (χ4n) is 2.67. The maximum atomic E-state index is 12.9. The molecule has 0 spiro atoms. The molecule has 0 unspecified atom stereocenters. The van der Waals surface area contributed by atoms with E-state index in [0.29, 0.717) is 34.6 Å². The lowest BCUT2D eigenvalue weighted by Gasteiger charge is -2.20. The van der Waals surface area contributed by atoms with Gasteiger partial charge < -0.3 is 10.1 Å². The van der Waals surface area contributed by atoms with Crippen LogP contribution in [0.3, 0.4) is 0 Å². The van der Waals surface area contributed by atoms with Crippen LogP contribution in [0.1, 0.15) is 38.1 Å². The number of anilines is 1. The molecule has 28 heavy (non-hydrogen) atoms. The third-order valence-corrected chi connectivity index (χ3v) is 6.76. The third kappa shape index (κ3) is 5.12. The zero-order valence-corrected chi connectivity index (χ0v) is 18.8. The summed E-state index contributed by atoms with van der Waals surface area (Å²) < 4.78 is 33.5. The minimum absolute atomic E-state index is 0.106. The van der Waals surface area contributed by atoms with Gasteiger partial charge in [-0.15, -0.1) is 0 Å². The van der Waals surface area contributed by atoms with Gasteiger partial charge in [0.1, 0.15) is 5.75 Å². The predicted octanol–water partition coefficient (Wildman–Crippen LogP) is 4.52. The van der Waals surface area contributed by atoms with Crippen LogP contribution >= 0.6 is 15.9 Å². The molecule has 0 aliphatic heterocycles. The summed E-state index contributed by atoms with van der Waals surface area (Å²) in [5, 5.41) is 2.78. The summed E-state index contributed by atoms with van der Waals surface area (Å²) in [7, 11) is -3.66. The van der Waals surface area contributed by atoms with E-state index in [-0.39, 0.29) is 16.9 Å². The van der Waals surface area contributed by atoms with Gasteiger partial charge in [-0.05, 0) is 60.1 Å². The lowest BCUT2D eigenvalue weighted by Crippen LogP contribution is -2.30. The molecular weight excluding hydrogens is 444 g/mol. The van der Waals surface area contributed by atoms with Crippen molar-refractivity contribution < 1.29 is 17.9 Å². The normalized spacial score (nSPS) is 11.7. The fourth-order valence-corrected chi connectivity index (χ4v) is 4.62. The van der Waals surface area contributed by atoms with Crippen LogP contribution in [-0.2, 0) is 10.0 Å². The number of sulfonamides is 1. The third-order valence-electron chi connectivity index (χ3n) is 4.02. The summed E-state index contributed by atoms with van der Waals surface area (Å²) in [4.78, 5) is 12.8. The molecule has 2 aromatic carbocycles. The summed E-state index contributed by atoms with van der Waals surface area (Å²) >= 11 is 3.36. The highest BCUT2D eigenvalue weighted by Crippen LogP contribution is 2.31. The average Bonchev–Trinajstić information content (AvgIpc) is 2.63. The zero-order chi connectivity index (χ0) is 20.9. The van der Waals surface area contributed by atoms with E-state index in [1.54, 1.807) is 38.1 Å². The number of carbonyl (C=O) groups excluding carboxylic acids is 1. The number of amides is 1. The Kier molecular flexibility index (Phi) is 7.63. The molecule has 2 rings (SSSR count). The maximum absolute atomic E-state index is 12.9. The van der Waals surface area contributed by atoms with Crippen molar-refractivity contribution in [2.24, 2.45) is 0 Å². The topological polar surface area (TPSA) is 75.7 Å². The number of rotatable bonds is 8. The Balaban J connectivity index is 2.47. The molecule has 0 fully saturated rings. The van der Waals surface area contributed by atoms with Crippen LogP contribution in [-0.4, -0.2) is 37.8 Å². The predicted molar refractivity (Wildman–Crippen MR) is 114 cm³/mol. The maximum Gasteiger partial charge on any atom is 0.256 e. The van der Waals surface area contributed by atoms with E-state index in [0.717, 1.165) is 0 Å². The van der Waals surface area contributed by atoms with Crippen molar-refractivity contribution in [1.29, 1.82) is 0 Å². The van der Waals surface area contributed by atoms with Crippen LogP contribution < -0.4 is 10.1 Å². The monoisotopic (exact) mass is 468 g/mol. The molecule has 0 bridgehead atoms. The Labute approximate surface area is 175 Å². The van der Waals surface area contributed by atoms with Crippen molar-refractivity contribution in [3.8, 4) is 5.75 Å². The first-order valence-electron chi connectivity index (χ1n) is 9.07. The second-order valence-corrected chi connectivity index (χ2v) is 9.14. The van der Waals surface area contributed by atoms with Crippen molar-refractivity contribution in [1.82, 2.24) is 4.31 Å². The highest BCUT2D eigenvalue weighted by Gasteiger charge is 2.24. The summed E-state index contributed by atoms with van der Waals surface area (Å²) in [5.74, 6) is 0.0485. The Morgan fingerprint density at radius 3 is 2.36 bits per heavy atom. The van der Waals surface area contributed by atoms with E-state index in [1.807, 2.05) is 19.9 Å². The molecular formula is C20H25BrN2O4S. The van der Waals surface area contributed by atoms with Gasteiger partial charge in [-0.2, -0.15) is 4.31 Å². The standard InChI is InChI=1S/C20H25BrN2O4S/c1-5-23(6-2)28(25,26)15-11-12-19(27-14(3)4)18(13-15)22-20(24)16-9-7-8-10-17(16)21/h7-14H,5-6H2,1-4H3,(H,22,24). The second kappa shape index (κ2) is 9.54. The van der Waals surface area contributed by atoms with Crippen molar-refractivity contribution in [3.05, 3.63) is 52.5 Å². The molecule has 8 heteroatoms. The minimum Gasteiger partial charge on any atom is -0.489 e. The Morgan fingerprint density at radius 1 is 1.14 bits per heavy atom. The van der Waals surface area contributed by atoms with E-state index >= 15 is 0 Å². The first-order chi connectivity index (χ1) is 13.2. The molecule has 0 saturated heterocycles. The van der Waals surface area contributed by atoms with Gasteiger partial charge >= 0.3 is 0 Å². The molecule has 0 aliphatic carbocycles. The number of benzene rings is 2. The Morgan fingerprint density at radius 2 is 1.79 bits per heavy atom. The van der Waals surface area contributed by atoms with E-state index in [1.165, 1.54) is 16.4 Å². The summed E-state index contributed by atoms with van der Waals surface area (Å²) in [6.45, 7) is 8.02. The number of nitrogens with zero attached hydrogens (tertiary/aromatic N) is 1. The van der Waals surface area contributed by atoms with Crippen molar-refractivity contribution in [2.45, 2.75) is 38.7 Å². The molecule has 0 saturated carbocycles. The number of nitrogens with one attached hydrogen (secondary N) is 1. The van der Waals surface area contributed by atoms with Crippen LogP contribution in [0.25, 0.3) is 0 Å². The van der Waals surface area contributed by atoms with Gasteiger partial charge in [0.25, 0.3) is 5.91 Å². The van der Waals surface area contributed by atoms with Gasteiger partial charge in [0, 0.05) is 17.6 Å². The molecule has 1 amide bonds. The molecule has 152 valence electrons.